The molecule has 0 fully saturated rings. The van der Waals surface area contributed by atoms with Crippen LogP contribution in [0.5, 0.6) is 0 Å². The van der Waals surface area contributed by atoms with Gasteiger partial charge in [-0.15, -0.1) is 11.8 Å². The molecule has 2 nitrogen and oxygen atoms in total. The number of benzene rings is 1. The minimum absolute atomic E-state index is 0.362. The third kappa shape index (κ3) is 3.51. The van der Waals surface area contributed by atoms with Gasteiger partial charge in [-0.2, -0.15) is 0 Å². The number of carbonyl (C=O) groups is 1. The summed E-state index contributed by atoms with van der Waals surface area (Å²) in [5.41, 5.74) is 1.02. The fourth-order valence-corrected chi connectivity index (χ4v) is 1.64. The van der Waals surface area contributed by atoms with Gasteiger partial charge in [0.1, 0.15) is 6.61 Å². The summed E-state index contributed by atoms with van der Waals surface area (Å²) in [5, 5.41) is 0. The Morgan fingerprint density at radius 2 is 2.08 bits per heavy atom. The summed E-state index contributed by atoms with van der Waals surface area (Å²) in [6.07, 6.45) is 0. The summed E-state index contributed by atoms with van der Waals surface area (Å²) < 4.78 is 4.63. The summed E-state index contributed by atoms with van der Waals surface area (Å²) in [7, 11) is 0. The average Bonchev–Trinajstić information content (AvgIpc) is 2.17. The normalized spacial score (nSPS) is 9.62. The zero-order valence-electron chi connectivity index (χ0n) is 7.53. The van der Waals surface area contributed by atoms with Crippen LogP contribution in [0.25, 0.3) is 0 Å². The second-order valence-electron chi connectivity index (χ2n) is 2.48. The van der Waals surface area contributed by atoms with Gasteiger partial charge in [0.15, 0.2) is 0 Å². The highest BCUT2D eigenvalue weighted by Gasteiger charge is 1.94. The molecular weight excluding hydrogens is 184 g/mol. The molecule has 0 spiro atoms. The van der Waals surface area contributed by atoms with Gasteiger partial charge in [-0.05, 0) is 23.4 Å². The molecule has 13 heavy (non-hydrogen) atoms. The minimum Gasteiger partial charge on any atom is -0.463 e. The van der Waals surface area contributed by atoms with E-state index in [1.165, 1.54) is 4.90 Å². The Balaban J connectivity index is 2.53. The maximum Gasteiger partial charge on any atom is 0.293 e. The number of carbonyl (C=O) groups excluding carboxylic acids is 1. The maximum absolute atomic E-state index is 9.92. The Morgan fingerprint density at radius 1 is 1.38 bits per heavy atom. The summed E-state index contributed by atoms with van der Waals surface area (Å²) >= 11 is 1.80. The van der Waals surface area contributed by atoms with Crippen molar-refractivity contribution in [3.05, 3.63) is 29.8 Å². The lowest BCUT2D eigenvalue weighted by Gasteiger charge is -2.01. The minimum atomic E-state index is 0.362. The van der Waals surface area contributed by atoms with Crippen LogP contribution in [0, 0.1) is 0 Å². The summed E-state index contributed by atoms with van der Waals surface area (Å²) in [5.74, 6) is 1.07. The summed E-state index contributed by atoms with van der Waals surface area (Å²) in [6, 6.07) is 8.03. The van der Waals surface area contributed by atoms with Crippen molar-refractivity contribution in [1.82, 2.24) is 0 Å². The average molecular weight is 196 g/mol. The van der Waals surface area contributed by atoms with E-state index >= 15 is 0 Å². The fourth-order valence-electron chi connectivity index (χ4n) is 0.979. The van der Waals surface area contributed by atoms with Crippen LogP contribution in [0.2, 0.25) is 0 Å². The second kappa shape index (κ2) is 5.65. The molecule has 0 aromatic heterocycles. The molecule has 0 amide bonds. The highest BCUT2D eigenvalue weighted by Crippen LogP contribution is 2.17. The van der Waals surface area contributed by atoms with Crippen LogP contribution < -0.4 is 0 Å². The summed E-state index contributed by atoms with van der Waals surface area (Å²) in [4.78, 5) is 11.2. The number of ether oxygens (including phenoxy) is 1. The Bertz CT molecular complexity index is 256. The number of rotatable bonds is 5. The Hall–Kier alpha value is -0.960. The Labute approximate surface area is 82.3 Å². The van der Waals surface area contributed by atoms with Crippen molar-refractivity contribution < 1.29 is 9.53 Å². The first-order valence-corrected chi connectivity index (χ1v) is 5.12. The van der Waals surface area contributed by atoms with Crippen LogP contribution >= 0.6 is 11.8 Å². The van der Waals surface area contributed by atoms with Gasteiger partial charge in [0, 0.05) is 4.90 Å². The van der Waals surface area contributed by atoms with Gasteiger partial charge in [0.2, 0.25) is 0 Å². The lowest BCUT2D eigenvalue weighted by molar-refractivity contribution is -0.129. The first kappa shape index (κ1) is 10.1. The van der Waals surface area contributed by atoms with Crippen molar-refractivity contribution in [2.45, 2.75) is 18.4 Å². The van der Waals surface area contributed by atoms with Crippen molar-refractivity contribution >= 4 is 18.2 Å². The predicted octanol–water partition coefficient (Wildman–Crippen LogP) is 2.47. The van der Waals surface area contributed by atoms with Crippen LogP contribution in [-0.4, -0.2) is 12.2 Å². The van der Waals surface area contributed by atoms with Gasteiger partial charge in [0.25, 0.3) is 6.47 Å². The van der Waals surface area contributed by atoms with Crippen molar-refractivity contribution in [1.29, 1.82) is 0 Å². The highest BCUT2D eigenvalue weighted by molar-refractivity contribution is 7.99. The van der Waals surface area contributed by atoms with Gasteiger partial charge in [-0.25, -0.2) is 0 Å². The predicted molar refractivity (Wildman–Crippen MR) is 53.7 cm³/mol. The first-order valence-electron chi connectivity index (χ1n) is 4.13. The van der Waals surface area contributed by atoms with Crippen molar-refractivity contribution in [3.8, 4) is 0 Å². The number of hydrogen-bond acceptors (Lipinski definition) is 3. The molecule has 0 unspecified atom stereocenters. The molecule has 1 rings (SSSR count). The molecule has 0 aliphatic heterocycles. The third-order valence-electron chi connectivity index (χ3n) is 1.55. The standard InChI is InChI=1S/C10H12O2S/c1-2-13-10-5-3-9(4-6-10)7-12-8-11/h3-6,8H,2,7H2,1H3. The van der Waals surface area contributed by atoms with Crippen molar-refractivity contribution in [2.24, 2.45) is 0 Å². The van der Waals surface area contributed by atoms with E-state index in [0.717, 1.165) is 11.3 Å². The Morgan fingerprint density at radius 3 is 2.62 bits per heavy atom. The molecular formula is C10H12O2S. The Kier molecular flexibility index (Phi) is 4.40. The zero-order chi connectivity index (χ0) is 9.52. The van der Waals surface area contributed by atoms with Crippen molar-refractivity contribution in [2.75, 3.05) is 5.75 Å². The van der Waals surface area contributed by atoms with E-state index in [1.807, 2.05) is 24.3 Å². The van der Waals surface area contributed by atoms with E-state index in [0.29, 0.717) is 13.1 Å². The van der Waals surface area contributed by atoms with Gasteiger partial charge >= 0.3 is 0 Å². The second-order valence-corrected chi connectivity index (χ2v) is 3.82. The van der Waals surface area contributed by atoms with E-state index in [9.17, 15) is 4.79 Å². The molecule has 0 bridgehead atoms. The fraction of sp³-hybridized carbons (Fsp3) is 0.300. The van der Waals surface area contributed by atoms with Crippen LogP contribution in [0.15, 0.2) is 29.2 Å². The van der Waals surface area contributed by atoms with E-state index in [4.69, 9.17) is 0 Å². The molecule has 0 radical (unpaired) electrons. The molecule has 0 heterocycles. The van der Waals surface area contributed by atoms with E-state index in [-0.39, 0.29) is 0 Å². The summed E-state index contributed by atoms with van der Waals surface area (Å²) in [6.45, 7) is 2.95. The molecule has 0 saturated carbocycles. The van der Waals surface area contributed by atoms with Crippen LogP contribution in [0.1, 0.15) is 12.5 Å². The van der Waals surface area contributed by atoms with Crippen LogP contribution in [0.4, 0.5) is 0 Å². The smallest absolute Gasteiger partial charge is 0.293 e. The quantitative estimate of drug-likeness (QED) is 0.534. The SMILES string of the molecule is CCSc1ccc(COC=O)cc1. The third-order valence-corrected chi connectivity index (χ3v) is 2.45. The molecule has 0 aliphatic carbocycles. The van der Waals surface area contributed by atoms with Crippen molar-refractivity contribution in [3.63, 3.8) is 0 Å². The topological polar surface area (TPSA) is 26.3 Å². The van der Waals surface area contributed by atoms with Gasteiger partial charge in [0.05, 0.1) is 0 Å². The molecule has 0 saturated heterocycles. The van der Waals surface area contributed by atoms with Crippen LogP contribution in [-0.2, 0) is 16.1 Å². The molecule has 3 heteroatoms. The highest BCUT2D eigenvalue weighted by atomic mass is 32.2. The van der Waals surface area contributed by atoms with E-state index in [2.05, 4.69) is 11.7 Å². The monoisotopic (exact) mass is 196 g/mol. The molecule has 1 aromatic rings. The maximum atomic E-state index is 9.92. The molecule has 0 aliphatic rings. The van der Waals surface area contributed by atoms with Gasteiger partial charge in [-0.1, -0.05) is 19.1 Å². The zero-order valence-corrected chi connectivity index (χ0v) is 8.34. The number of hydrogen-bond donors (Lipinski definition) is 0. The van der Waals surface area contributed by atoms with E-state index < -0.39 is 0 Å². The van der Waals surface area contributed by atoms with Crippen LogP contribution in [0.3, 0.4) is 0 Å². The molecule has 70 valence electrons. The lowest BCUT2D eigenvalue weighted by atomic mass is 10.2. The first-order chi connectivity index (χ1) is 6.36. The number of thioether (sulfide) groups is 1. The van der Waals surface area contributed by atoms with Gasteiger partial charge < -0.3 is 4.74 Å². The molecule has 0 N–H and O–H groups in total. The van der Waals surface area contributed by atoms with E-state index in [1.54, 1.807) is 11.8 Å². The largest absolute Gasteiger partial charge is 0.463 e. The van der Waals surface area contributed by atoms with Gasteiger partial charge in [-0.3, -0.25) is 4.79 Å². The molecule has 1 aromatic carbocycles. The molecule has 0 atom stereocenters. The lowest BCUT2D eigenvalue weighted by Crippen LogP contribution is -1.89.